The van der Waals surface area contributed by atoms with Crippen LogP contribution in [0, 0.1) is 12.8 Å². The Kier molecular flexibility index (Phi) is 4.79. The molecule has 84 valence electrons. The van der Waals surface area contributed by atoms with Gasteiger partial charge in [0.05, 0.1) is 0 Å². The van der Waals surface area contributed by atoms with E-state index in [4.69, 9.17) is 5.84 Å². The summed E-state index contributed by atoms with van der Waals surface area (Å²) in [5.74, 6) is 6.27. The van der Waals surface area contributed by atoms with Crippen LogP contribution >= 0.6 is 0 Å². The van der Waals surface area contributed by atoms with Gasteiger partial charge in [0.15, 0.2) is 0 Å². The Hall–Kier alpha value is -0.860. The number of hydrogen-bond donors (Lipinski definition) is 2. The first kappa shape index (κ1) is 12.2. The standard InChI is InChI=1S/C13H22N2/c1-4-11(5-2)13(15-14)12-8-6-7-10(3)9-12/h6-9,11,13,15H,4-5,14H2,1-3H3. The van der Waals surface area contributed by atoms with Gasteiger partial charge in [-0.2, -0.15) is 0 Å². The van der Waals surface area contributed by atoms with Crippen molar-refractivity contribution in [2.45, 2.75) is 39.7 Å². The molecule has 0 fully saturated rings. The molecule has 0 aliphatic heterocycles. The third kappa shape index (κ3) is 3.05. The Morgan fingerprint density at radius 2 is 1.93 bits per heavy atom. The largest absolute Gasteiger partial charge is 0.271 e. The van der Waals surface area contributed by atoms with Crippen molar-refractivity contribution in [3.63, 3.8) is 0 Å². The van der Waals surface area contributed by atoms with Crippen LogP contribution in [0.25, 0.3) is 0 Å². The lowest BCUT2D eigenvalue weighted by molar-refractivity contribution is 0.345. The van der Waals surface area contributed by atoms with Crippen LogP contribution in [0.4, 0.5) is 0 Å². The Balaban J connectivity index is 2.90. The van der Waals surface area contributed by atoms with Gasteiger partial charge in [0, 0.05) is 6.04 Å². The van der Waals surface area contributed by atoms with Crippen LogP contribution in [-0.2, 0) is 0 Å². The second kappa shape index (κ2) is 5.89. The molecule has 0 aliphatic rings. The van der Waals surface area contributed by atoms with Gasteiger partial charge in [-0.3, -0.25) is 11.3 Å². The minimum absolute atomic E-state index is 0.278. The van der Waals surface area contributed by atoms with Crippen molar-refractivity contribution in [3.8, 4) is 0 Å². The Morgan fingerprint density at radius 1 is 1.27 bits per heavy atom. The fourth-order valence-electron chi connectivity index (χ4n) is 2.13. The van der Waals surface area contributed by atoms with Gasteiger partial charge in [-0.15, -0.1) is 0 Å². The van der Waals surface area contributed by atoms with Gasteiger partial charge in [0.25, 0.3) is 0 Å². The molecule has 1 aromatic rings. The van der Waals surface area contributed by atoms with Crippen molar-refractivity contribution >= 4 is 0 Å². The molecule has 1 rings (SSSR count). The second-order valence-electron chi connectivity index (χ2n) is 4.14. The molecule has 0 aromatic heterocycles. The summed E-state index contributed by atoms with van der Waals surface area (Å²) in [6, 6.07) is 8.85. The highest BCUT2D eigenvalue weighted by Crippen LogP contribution is 2.26. The van der Waals surface area contributed by atoms with E-state index in [0.29, 0.717) is 5.92 Å². The smallest absolute Gasteiger partial charge is 0.0488 e. The van der Waals surface area contributed by atoms with E-state index in [1.54, 1.807) is 0 Å². The fourth-order valence-corrected chi connectivity index (χ4v) is 2.13. The van der Waals surface area contributed by atoms with Crippen LogP contribution in [0.3, 0.4) is 0 Å². The molecule has 0 aliphatic carbocycles. The Morgan fingerprint density at radius 3 is 2.40 bits per heavy atom. The van der Waals surface area contributed by atoms with E-state index in [-0.39, 0.29) is 6.04 Å². The summed E-state index contributed by atoms with van der Waals surface area (Å²) in [6.45, 7) is 6.55. The van der Waals surface area contributed by atoms with Crippen molar-refractivity contribution in [1.29, 1.82) is 0 Å². The summed E-state index contributed by atoms with van der Waals surface area (Å²) in [5.41, 5.74) is 5.54. The van der Waals surface area contributed by atoms with Gasteiger partial charge in [-0.05, 0) is 18.4 Å². The number of nitrogens with one attached hydrogen (secondary N) is 1. The van der Waals surface area contributed by atoms with Crippen LogP contribution in [0.5, 0.6) is 0 Å². The molecule has 0 spiro atoms. The van der Waals surface area contributed by atoms with E-state index >= 15 is 0 Å². The molecule has 0 saturated heterocycles. The monoisotopic (exact) mass is 206 g/mol. The maximum absolute atomic E-state index is 5.66. The van der Waals surface area contributed by atoms with Crippen LogP contribution in [-0.4, -0.2) is 0 Å². The minimum atomic E-state index is 0.278. The lowest BCUT2D eigenvalue weighted by atomic mass is 9.89. The molecule has 0 bridgehead atoms. The topological polar surface area (TPSA) is 38.0 Å². The molecule has 3 N–H and O–H groups in total. The molecule has 0 radical (unpaired) electrons. The third-order valence-electron chi connectivity index (χ3n) is 3.10. The molecule has 1 aromatic carbocycles. The number of hydrogen-bond acceptors (Lipinski definition) is 2. The molecule has 1 unspecified atom stereocenters. The first-order valence-electron chi connectivity index (χ1n) is 5.75. The number of hydrazine groups is 1. The number of aryl methyl sites for hydroxylation is 1. The van der Waals surface area contributed by atoms with Crippen molar-refractivity contribution in [2.75, 3.05) is 0 Å². The van der Waals surface area contributed by atoms with Crippen molar-refractivity contribution in [3.05, 3.63) is 35.4 Å². The molecular weight excluding hydrogens is 184 g/mol. The summed E-state index contributed by atoms with van der Waals surface area (Å²) >= 11 is 0. The molecule has 2 heteroatoms. The number of benzene rings is 1. The van der Waals surface area contributed by atoms with Gasteiger partial charge in [0.1, 0.15) is 0 Å². The molecule has 15 heavy (non-hydrogen) atoms. The fraction of sp³-hybridized carbons (Fsp3) is 0.538. The van der Waals surface area contributed by atoms with E-state index in [1.165, 1.54) is 11.1 Å². The van der Waals surface area contributed by atoms with E-state index in [0.717, 1.165) is 12.8 Å². The zero-order chi connectivity index (χ0) is 11.3. The molecular formula is C13H22N2. The molecule has 0 amide bonds. The number of rotatable bonds is 5. The summed E-state index contributed by atoms with van der Waals surface area (Å²) < 4.78 is 0. The highest BCUT2D eigenvalue weighted by atomic mass is 15.2. The Bertz CT molecular complexity index is 292. The zero-order valence-electron chi connectivity index (χ0n) is 9.96. The van der Waals surface area contributed by atoms with Crippen LogP contribution in [0.2, 0.25) is 0 Å². The minimum Gasteiger partial charge on any atom is -0.271 e. The second-order valence-corrected chi connectivity index (χ2v) is 4.14. The third-order valence-corrected chi connectivity index (χ3v) is 3.10. The average Bonchev–Trinajstić information content (AvgIpc) is 2.25. The van der Waals surface area contributed by atoms with Crippen LogP contribution < -0.4 is 11.3 Å². The van der Waals surface area contributed by atoms with Gasteiger partial charge in [-0.1, -0.05) is 56.5 Å². The van der Waals surface area contributed by atoms with Gasteiger partial charge < -0.3 is 0 Å². The lowest BCUT2D eigenvalue weighted by Crippen LogP contribution is -2.33. The average molecular weight is 206 g/mol. The number of nitrogens with two attached hydrogens (primary N) is 1. The Labute approximate surface area is 92.8 Å². The van der Waals surface area contributed by atoms with E-state index in [9.17, 15) is 0 Å². The molecule has 0 heterocycles. The van der Waals surface area contributed by atoms with Crippen molar-refractivity contribution in [2.24, 2.45) is 11.8 Å². The maximum Gasteiger partial charge on any atom is 0.0488 e. The SMILES string of the molecule is CCC(CC)C(NN)c1cccc(C)c1. The summed E-state index contributed by atoms with van der Waals surface area (Å²) in [7, 11) is 0. The summed E-state index contributed by atoms with van der Waals surface area (Å²) in [4.78, 5) is 0. The maximum atomic E-state index is 5.66. The van der Waals surface area contributed by atoms with Crippen molar-refractivity contribution in [1.82, 2.24) is 5.43 Å². The molecule has 0 saturated carbocycles. The first-order valence-corrected chi connectivity index (χ1v) is 5.75. The van der Waals surface area contributed by atoms with Gasteiger partial charge in [0.2, 0.25) is 0 Å². The highest BCUT2D eigenvalue weighted by Gasteiger charge is 2.18. The van der Waals surface area contributed by atoms with Crippen LogP contribution in [0.1, 0.15) is 43.9 Å². The predicted molar refractivity (Wildman–Crippen MR) is 65.3 cm³/mol. The summed E-state index contributed by atoms with van der Waals surface area (Å²) in [5, 5.41) is 0. The molecule has 2 nitrogen and oxygen atoms in total. The zero-order valence-corrected chi connectivity index (χ0v) is 9.96. The van der Waals surface area contributed by atoms with Crippen LogP contribution in [0.15, 0.2) is 24.3 Å². The van der Waals surface area contributed by atoms with Crippen molar-refractivity contribution < 1.29 is 0 Å². The van der Waals surface area contributed by atoms with E-state index < -0.39 is 0 Å². The lowest BCUT2D eigenvalue weighted by Gasteiger charge is -2.25. The van der Waals surface area contributed by atoms with Gasteiger partial charge >= 0.3 is 0 Å². The quantitative estimate of drug-likeness (QED) is 0.574. The molecule has 1 atom stereocenters. The highest BCUT2D eigenvalue weighted by molar-refractivity contribution is 5.25. The van der Waals surface area contributed by atoms with Gasteiger partial charge in [-0.25, -0.2) is 0 Å². The van der Waals surface area contributed by atoms with E-state index in [1.807, 2.05) is 0 Å². The predicted octanol–water partition coefficient (Wildman–Crippen LogP) is 2.94. The van der Waals surface area contributed by atoms with E-state index in [2.05, 4.69) is 50.5 Å². The summed E-state index contributed by atoms with van der Waals surface area (Å²) in [6.07, 6.45) is 2.30. The first-order chi connectivity index (χ1) is 7.22. The normalized spacial score (nSPS) is 13.1.